The van der Waals surface area contributed by atoms with Crippen molar-refractivity contribution in [3.05, 3.63) is 45.9 Å². The molecule has 0 radical (unpaired) electrons. The predicted octanol–water partition coefficient (Wildman–Crippen LogP) is 2.53. The molecular formula is C13H15BrFN3O2S. The van der Waals surface area contributed by atoms with Crippen LogP contribution in [0.25, 0.3) is 0 Å². The maximum Gasteiger partial charge on any atom is 0.240 e. The second kappa shape index (κ2) is 6.67. The molecule has 0 unspecified atom stereocenters. The number of sulfonamides is 1. The number of H-pyrrole nitrogens is 1. The van der Waals surface area contributed by atoms with E-state index in [2.05, 4.69) is 30.8 Å². The Hall–Kier alpha value is -1.25. The molecule has 0 spiro atoms. The van der Waals surface area contributed by atoms with Crippen LogP contribution >= 0.6 is 15.9 Å². The molecule has 2 N–H and O–H groups in total. The molecule has 21 heavy (non-hydrogen) atoms. The van der Waals surface area contributed by atoms with Crippen molar-refractivity contribution in [3.8, 4) is 0 Å². The average Bonchev–Trinajstić information content (AvgIpc) is 2.83. The van der Waals surface area contributed by atoms with E-state index in [1.165, 1.54) is 12.1 Å². The summed E-state index contributed by atoms with van der Waals surface area (Å²) in [6.07, 6.45) is 3.09. The lowest BCUT2D eigenvalue weighted by Gasteiger charge is -2.07. The van der Waals surface area contributed by atoms with Gasteiger partial charge in [0, 0.05) is 12.2 Å². The van der Waals surface area contributed by atoms with Gasteiger partial charge in [0.15, 0.2) is 0 Å². The number of aryl methyl sites for hydroxylation is 2. The molecule has 0 amide bonds. The fraction of sp³-hybridized carbons (Fsp3) is 0.308. The number of nitrogens with zero attached hydrogens (tertiary/aromatic N) is 1. The van der Waals surface area contributed by atoms with Gasteiger partial charge >= 0.3 is 0 Å². The standard InChI is InChI=1S/C13H15BrFN3O2S/c1-9-10(8-16-18-9)3-2-6-17-21(19,20)11-4-5-12(14)13(15)7-11/h4-5,7-8,17H,2-3,6H2,1H3,(H,16,18). The van der Waals surface area contributed by atoms with E-state index in [1.54, 1.807) is 6.20 Å². The van der Waals surface area contributed by atoms with E-state index in [0.717, 1.165) is 23.7 Å². The smallest absolute Gasteiger partial charge is 0.240 e. The van der Waals surface area contributed by atoms with Crippen molar-refractivity contribution in [1.82, 2.24) is 14.9 Å². The Kier molecular flexibility index (Phi) is 5.13. The second-order valence-corrected chi connectivity index (χ2v) is 7.22. The van der Waals surface area contributed by atoms with Gasteiger partial charge < -0.3 is 0 Å². The van der Waals surface area contributed by atoms with E-state index in [9.17, 15) is 12.8 Å². The second-order valence-electron chi connectivity index (χ2n) is 4.60. The Balaban J connectivity index is 1.92. The van der Waals surface area contributed by atoms with Crippen molar-refractivity contribution in [2.24, 2.45) is 0 Å². The molecule has 1 heterocycles. The lowest BCUT2D eigenvalue weighted by atomic mass is 10.1. The molecule has 2 aromatic rings. The highest BCUT2D eigenvalue weighted by atomic mass is 79.9. The average molecular weight is 376 g/mol. The van der Waals surface area contributed by atoms with Gasteiger partial charge in [-0.25, -0.2) is 17.5 Å². The third-order valence-corrected chi connectivity index (χ3v) is 5.15. The van der Waals surface area contributed by atoms with Crippen LogP contribution in [0.5, 0.6) is 0 Å². The largest absolute Gasteiger partial charge is 0.283 e. The van der Waals surface area contributed by atoms with Crippen LogP contribution in [0.1, 0.15) is 17.7 Å². The van der Waals surface area contributed by atoms with Gasteiger partial charge in [-0.2, -0.15) is 5.10 Å². The molecule has 0 bridgehead atoms. The summed E-state index contributed by atoms with van der Waals surface area (Å²) in [7, 11) is -3.68. The number of aromatic amines is 1. The summed E-state index contributed by atoms with van der Waals surface area (Å²) in [5.41, 5.74) is 2.04. The molecule has 0 atom stereocenters. The van der Waals surface area contributed by atoms with Crippen LogP contribution in [0.2, 0.25) is 0 Å². The summed E-state index contributed by atoms with van der Waals surface area (Å²) in [4.78, 5) is -0.0808. The normalized spacial score (nSPS) is 11.8. The maximum atomic E-state index is 13.4. The topological polar surface area (TPSA) is 74.8 Å². The molecule has 0 aliphatic heterocycles. The first-order chi connectivity index (χ1) is 9.90. The Bertz CT molecular complexity index is 731. The van der Waals surface area contributed by atoms with Gasteiger partial charge in [0.1, 0.15) is 5.82 Å². The zero-order valence-electron chi connectivity index (χ0n) is 11.4. The monoisotopic (exact) mass is 375 g/mol. The minimum absolute atomic E-state index is 0.0808. The number of hydrogen-bond donors (Lipinski definition) is 2. The van der Waals surface area contributed by atoms with Crippen molar-refractivity contribution >= 4 is 26.0 Å². The Morgan fingerprint density at radius 3 is 2.81 bits per heavy atom. The highest BCUT2D eigenvalue weighted by Crippen LogP contribution is 2.19. The van der Waals surface area contributed by atoms with Crippen molar-refractivity contribution in [1.29, 1.82) is 0 Å². The van der Waals surface area contributed by atoms with Gasteiger partial charge in [-0.05, 0) is 59.5 Å². The van der Waals surface area contributed by atoms with Gasteiger partial charge in [0.25, 0.3) is 0 Å². The van der Waals surface area contributed by atoms with Crippen molar-refractivity contribution in [2.75, 3.05) is 6.54 Å². The predicted molar refractivity (Wildman–Crippen MR) is 80.9 cm³/mol. The summed E-state index contributed by atoms with van der Waals surface area (Å²) in [5.74, 6) is -0.605. The number of halogens is 2. The van der Waals surface area contributed by atoms with Crippen molar-refractivity contribution in [2.45, 2.75) is 24.7 Å². The van der Waals surface area contributed by atoms with Crippen LogP contribution in [-0.2, 0) is 16.4 Å². The SMILES string of the molecule is Cc1[nH]ncc1CCCNS(=O)(=O)c1ccc(Br)c(F)c1. The quantitative estimate of drug-likeness (QED) is 0.761. The van der Waals surface area contributed by atoms with E-state index in [4.69, 9.17) is 0 Å². The number of rotatable bonds is 6. The number of benzene rings is 1. The Morgan fingerprint density at radius 2 is 2.19 bits per heavy atom. The molecule has 1 aromatic carbocycles. The van der Waals surface area contributed by atoms with Crippen molar-refractivity contribution in [3.63, 3.8) is 0 Å². The first kappa shape index (κ1) is 16.1. The van der Waals surface area contributed by atoms with Crippen LogP contribution in [-0.4, -0.2) is 25.2 Å². The number of nitrogens with one attached hydrogen (secondary N) is 2. The van der Waals surface area contributed by atoms with Crippen LogP contribution in [0.4, 0.5) is 4.39 Å². The summed E-state index contributed by atoms with van der Waals surface area (Å²) in [5, 5.41) is 6.73. The lowest BCUT2D eigenvalue weighted by Crippen LogP contribution is -2.25. The maximum absolute atomic E-state index is 13.4. The minimum atomic E-state index is -3.68. The summed E-state index contributed by atoms with van der Waals surface area (Å²) < 4.78 is 40.1. The molecule has 5 nitrogen and oxygen atoms in total. The third kappa shape index (κ3) is 4.12. The highest BCUT2D eigenvalue weighted by Gasteiger charge is 2.15. The van der Waals surface area contributed by atoms with Crippen molar-refractivity contribution < 1.29 is 12.8 Å². The first-order valence-corrected chi connectivity index (χ1v) is 8.61. The molecule has 8 heteroatoms. The van der Waals surface area contributed by atoms with Crippen LogP contribution in [0.15, 0.2) is 33.8 Å². The summed E-state index contributed by atoms with van der Waals surface area (Å²) in [6, 6.07) is 3.72. The zero-order chi connectivity index (χ0) is 15.5. The fourth-order valence-corrected chi connectivity index (χ4v) is 3.17. The third-order valence-electron chi connectivity index (χ3n) is 3.05. The fourth-order valence-electron chi connectivity index (χ4n) is 1.84. The van der Waals surface area contributed by atoms with Crippen LogP contribution in [0, 0.1) is 12.7 Å². The Morgan fingerprint density at radius 1 is 1.43 bits per heavy atom. The zero-order valence-corrected chi connectivity index (χ0v) is 13.8. The van der Waals surface area contributed by atoms with E-state index < -0.39 is 15.8 Å². The van der Waals surface area contributed by atoms with Gasteiger partial charge in [0.05, 0.1) is 15.6 Å². The van der Waals surface area contributed by atoms with E-state index >= 15 is 0 Å². The molecule has 0 fully saturated rings. The molecule has 2 rings (SSSR count). The van der Waals surface area contributed by atoms with Gasteiger partial charge in [-0.1, -0.05) is 0 Å². The summed E-state index contributed by atoms with van der Waals surface area (Å²) >= 11 is 2.99. The molecule has 0 aliphatic rings. The highest BCUT2D eigenvalue weighted by molar-refractivity contribution is 9.10. The van der Waals surface area contributed by atoms with Crippen LogP contribution < -0.4 is 4.72 Å². The molecule has 0 saturated carbocycles. The molecular weight excluding hydrogens is 361 g/mol. The van der Waals surface area contributed by atoms with E-state index in [1.807, 2.05) is 6.92 Å². The minimum Gasteiger partial charge on any atom is -0.283 e. The van der Waals surface area contributed by atoms with E-state index in [0.29, 0.717) is 6.42 Å². The first-order valence-electron chi connectivity index (χ1n) is 6.34. The van der Waals surface area contributed by atoms with Gasteiger partial charge in [-0.15, -0.1) is 0 Å². The number of hydrogen-bond acceptors (Lipinski definition) is 3. The Labute approximate surface area is 131 Å². The molecule has 1 aromatic heterocycles. The molecule has 0 aliphatic carbocycles. The van der Waals surface area contributed by atoms with E-state index in [-0.39, 0.29) is 15.9 Å². The van der Waals surface area contributed by atoms with Gasteiger partial charge in [-0.3, -0.25) is 5.10 Å². The van der Waals surface area contributed by atoms with Gasteiger partial charge in [0.2, 0.25) is 10.0 Å². The summed E-state index contributed by atoms with van der Waals surface area (Å²) in [6.45, 7) is 2.20. The molecule has 114 valence electrons. The number of aromatic nitrogens is 2. The lowest BCUT2D eigenvalue weighted by molar-refractivity contribution is 0.574. The van der Waals surface area contributed by atoms with Crippen LogP contribution in [0.3, 0.4) is 0 Å². The molecule has 0 saturated heterocycles.